The van der Waals surface area contributed by atoms with Gasteiger partial charge in [-0.15, -0.1) is 0 Å². The van der Waals surface area contributed by atoms with Gasteiger partial charge in [-0.2, -0.15) is 0 Å². The van der Waals surface area contributed by atoms with Crippen molar-refractivity contribution in [1.29, 1.82) is 0 Å². The summed E-state index contributed by atoms with van der Waals surface area (Å²) < 4.78 is 0. The van der Waals surface area contributed by atoms with Crippen molar-refractivity contribution >= 4 is 11.1 Å². The van der Waals surface area contributed by atoms with E-state index in [9.17, 15) is 0 Å². The molecule has 0 saturated carbocycles. The van der Waals surface area contributed by atoms with Crippen molar-refractivity contribution in [2.24, 2.45) is 11.8 Å². The minimum Gasteiger partial charge on any atom is -0.0801 e. The molecule has 2 unspecified atom stereocenters. The number of allylic oxidation sites excluding steroid dienone is 6. The Balaban J connectivity index is 2.06. The van der Waals surface area contributed by atoms with Crippen LogP contribution >= 0.6 is 0 Å². The van der Waals surface area contributed by atoms with Crippen molar-refractivity contribution in [3.05, 3.63) is 95.1 Å². The molecule has 3 rings (SSSR count). The molecule has 30 heavy (non-hydrogen) atoms. The highest BCUT2D eigenvalue weighted by atomic mass is 14.2. The molecular formula is C30H38. The molecule has 2 aromatic rings. The first-order valence-electron chi connectivity index (χ1n) is 11.8. The highest BCUT2D eigenvalue weighted by Crippen LogP contribution is 2.38. The molecule has 1 aliphatic rings. The second-order valence-electron chi connectivity index (χ2n) is 9.04. The molecule has 2 atom stereocenters. The van der Waals surface area contributed by atoms with Crippen LogP contribution in [0.4, 0.5) is 0 Å². The maximum atomic E-state index is 2.40. The SMILES string of the molecule is CCC(C)CC(=C1C=CCC(=C(CC(C)CC)c2ccccc2)C1)c1ccccc1. The second-order valence-corrected chi connectivity index (χ2v) is 9.04. The number of benzene rings is 2. The lowest BCUT2D eigenvalue weighted by atomic mass is 9.81. The molecule has 0 aromatic heterocycles. The fourth-order valence-electron chi connectivity index (χ4n) is 4.31. The van der Waals surface area contributed by atoms with Crippen LogP contribution in [0, 0.1) is 11.8 Å². The maximum absolute atomic E-state index is 2.40. The summed E-state index contributed by atoms with van der Waals surface area (Å²) in [5.74, 6) is 1.41. The van der Waals surface area contributed by atoms with E-state index in [0.717, 1.165) is 19.3 Å². The van der Waals surface area contributed by atoms with Gasteiger partial charge in [-0.25, -0.2) is 0 Å². The first-order valence-corrected chi connectivity index (χ1v) is 11.8. The first kappa shape index (κ1) is 22.3. The molecule has 0 bridgehead atoms. The molecule has 0 heterocycles. The van der Waals surface area contributed by atoms with Crippen molar-refractivity contribution in [1.82, 2.24) is 0 Å². The van der Waals surface area contributed by atoms with Gasteiger partial charge in [-0.3, -0.25) is 0 Å². The molecule has 2 aromatic carbocycles. The van der Waals surface area contributed by atoms with E-state index in [-0.39, 0.29) is 0 Å². The number of hydrogen-bond donors (Lipinski definition) is 0. The Morgan fingerprint density at radius 1 is 0.733 bits per heavy atom. The monoisotopic (exact) mass is 398 g/mol. The molecule has 0 nitrogen and oxygen atoms in total. The summed E-state index contributed by atoms with van der Waals surface area (Å²) in [5.41, 5.74) is 9.03. The third-order valence-electron chi connectivity index (χ3n) is 6.65. The molecule has 0 saturated heterocycles. The van der Waals surface area contributed by atoms with Crippen molar-refractivity contribution in [2.45, 2.75) is 66.2 Å². The Morgan fingerprint density at radius 2 is 1.23 bits per heavy atom. The second kappa shape index (κ2) is 11.2. The molecule has 158 valence electrons. The van der Waals surface area contributed by atoms with Crippen molar-refractivity contribution < 1.29 is 0 Å². The lowest BCUT2D eigenvalue weighted by molar-refractivity contribution is 0.576. The third-order valence-corrected chi connectivity index (χ3v) is 6.65. The highest BCUT2D eigenvalue weighted by molar-refractivity contribution is 5.75. The zero-order chi connectivity index (χ0) is 21.3. The predicted molar refractivity (Wildman–Crippen MR) is 133 cm³/mol. The van der Waals surface area contributed by atoms with Crippen LogP contribution < -0.4 is 0 Å². The number of hydrogen-bond acceptors (Lipinski definition) is 0. The Hall–Kier alpha value is -2.34. The van der Waals surface area contributed by atoms with Crippen LogP contribution in [0.2, 0.25) is 0 Å². The summed E-state index contributed by atoms with van der Waals surface area (Å²) in [6.07, 6.45) is 11.7. The van der Waals surface area contributed by atoms with Gasteiger partial charge in [-0.1, -0.05) is 119 Å². The summed E-state index contributed by atoms with van der Waals surface area (Å²) in [5, 5.41) is 0. The van der Waals surface area contributed by atoms with Gasteiger partial charge in [-0.05, 0) is 65.4 Å². The fraction of sp³-hybridized carbons (Fsp3) is 0.400. The van der Waals surface area contributed by atoms with Crippen molar-refractivity contribution in [3.8, 4) is 0 Å². The average Bonchev–Trinajstić information content (AvgIpc) is 2.81. The van der Waals surface area contributed by atoms with E-state index in [1.165, 1.54) is 41.5 Å². The number of rotatable bonds is 8. The Bertz CT molecular complexity index is 880. The normalized spacial score (nSPS) is 19.3. The molecule has 0 N–H and O–H groups in total. The van der Waals surface area contributed by atoms with Crippen LogP contribution in [0.25, 0.3) is 11.1 Å². The minimum absolute atomic E-state index is 0.698. The molecule has 0 aliphatic heterocycles. The highest BCUT2D eigenvalue weighted by Gasteiger charge is 2.18. The van der Waals surface area contributed by atoms with Gasteiger partial charge < -0.3 is 0 Å². The van der Waals surface area contributed by atoms with E-state index >= 15 is 0 Å². The molecule has 0 amide bonds. The van der Waals surface area contributed by atoms with Gasteiger partial charge in [0.25, 0.3) is 0 Å². The summed E-state index contributed by atoms with van der Waals surface area (Å²) in [7, 11) is 0. The molecular weight excluding hydrogens is 360 g/mol. The van der Waals surface area contributed by atoms with E-state index in [2.05, 4.69) is 101 Å². The quantitative estimate of drug-likeness (QED) is 0.416. The van der Waals surface area contributed by atoms with Gasteiger partial charge in [0, 0.05) is 0 Å². The van der Waals surface area contributed by atoms with Gasteiger partial charge in [0.05, 0.1) is 0 Å². The van der Waals surface area contributed by atoms with Crippen molar-refractivity contribution in [2.75, 3.05) is 0 Å². The van der Waals surface area contributed by atoms with E-state index < -0.39 is 0 Å². The minimum atomic E-state index is 0.698. The van der Waals surface area contributed by atoms with E-state index in [0.29, 0.717) is 11.8 Å². The largest absolute Gasteiger partial charge is 0.0801 e. The van der Waals surface area contributed by atoms with Crippen LogP contribution in [-0.4, -0.2) is 0 Å². The topological polar surface area (TPSA) is 0 Å². The van der Waals surface area contributed by atoms with Crippen LogP contribution in [0.1, 0.15) is 77.3 Å². The summed E-state index contributed by atoms with van der Waals surface area (Å²) in [6, 6.07) is 22.1. The van der Waals surface area contributed by atoms with Gasteiger partial charge in [0.2, 0.25) is 0 Å². The zero-order valence-corrected chi connectivity index (χ0v) is 19.3. The van der Waals surface area contributed by atoms with E-state index in [1.54, 1.807) is 11.1 Å². The molecule has 0 fully saturated rings. The molecule has 0 heteroatoms. The van der Waals surface area contributed by atoms with Crippen LogP contribution in [0.5, 0.6) is 0 Å². The summed E-state index contributed by atoms with van der Waals surface area (Å²) in [4.78, 5) is 0. The van der Waals surface area contributed by atoms with Crippen molar-refractivity contribution in [3.63, 3.8) is 0 Å². The molecule has 1 aliphatic carbocycles. The van der Waals surface area contributed by atoms with E-state index in [1.807, 2.05) is 0 Å². The van der Waals surface area contributed by atoms with Crippen LogP contribution in [0.15, 0.2) is 84.0 Å². The predicted octanol–water partition coefficient (Wildman–Crippen LogP) is 9.12. The smallest absolute Gasteiger partial charge is 0.00551 e. The fourth-order valence-corrected chi connectivity index (χ4v) is 4.31. The van der Waals surface area contributed by atoms with Crippen LogP contribution in [-0.2, 0) is 0 Å². The Morgan fingerprint density at radius 3 is 1.77 bits per heavy atom. The lowest BCUT2D eigenvalue weighted by Gasteiger charge is -2.24. The Kier molecular flexibility index (Phi) is 8.31. The standard InChI is InChI=1S/C30H38/c1-5-23(3)20-29(25-14-9-7-10-15-25)27-18-13-19-28(22-27)30(21-24(4)6-2)26-16-11-8-12-17-26/h7-18,23-24H,5-6,19-22H2,1-4H3. The molecule has 0 radical (unpaired) electrons. The summed E-state index contributed by atoms with van der Waals surface area (Å²) in [6.45, 7) is 9.38. The maximum Gasteiger partial charge on any atom is -0.00551 e. The van der Waals surface area contributed by atoms with Crippen LogP contribution in [0.3, 0.4) is 0 Å². The van der Waals surface area contributed by atoms with Gasteiger partial charge >= 0.3 is 0 Å². The summed E-state index contributed by atoms with van der Waals surface area (Å²) >= 11 is 0. The first-order chi connectivity index (χ1) is 14.6. The lowest BCUT2D eigenvalue weighted by Crippen LogP contribution is -2.05. The van der Waals surface area contributed by atoms with Gasteiger partial charge in [0.1, 0.15) is 0 Å². The zero-order valence-electron chi connectivity index (χ0n) is 19.3. The third kappa shape index (κ3) is 5.85. The molecule has 0 spiro atoms. The van der Waals surface area contributed by atoms with E-state index in [4.69, 9.17) is 0 Å². The Labute approximate surface area is 184 Å². The van der Waals surface area contributed by atoms with Gasteiger partial charge in [0.15, 0.2) is 0 Å². The average molecular weight is 399 g/mol.